The molecule has 34 heavy (non-hydrogen) atoms. The van der Waals surface area contributed by atoms with E-state index in [9.17, 15) is 9.59 Å². The van der Waals surface area contributed by atoms with Crippen molar-refractivity contribution in [2.45, 2.75) is 25.5 Å². The fourth-order valence-electron chi connectivity index (χ4n) is 3.59. The number of imidazole rings is 1. The minimum atomic E-state index is -0.145. The second-order valence-electron chi connectivity index (χ2n) is 7.90. The van der Waals surface area contributed by atoms with E-state index < -0.39 is 0 Å². The number of rotatable bonds is 8. The van der Waals surface area contributed by atoms with Crippen molar-refractivity contribution in [1.82, 2.24) is 14.9 Å². The summed E-state index contributed by atoms with van der Waals surface area (Å²) in [5.41, 5.74) is 5.32. The van der Waals surface area contributed by atoms with Crippen LogP contribution in [0.25, 0.3) is 5.69 Å². The highest BCUT2D eigenvalue weighted by Crippen LogP contribution is 2.23. The molecule has 0 fully saturated rings. The van der Waals surface area contributed by atoms with E-state index in [0.29, 0.717) is 17.3 Å². The highest BCUT2D eigenvalue weighted by atomic mass is 32.2. The molecule has 2 N–H and O–H groups in total. The van der Waals surface area contributed by atoms with Crippen LogP contribution < -0.4 is 10.6 Å². The predicted molar refractivity (Wildman–Crippen MR) is 136 cm³/mol. The van der Waals surface area contributed by atoms with Crippen LogP contribution in [0.15, 0.2) is 90.3 Å². The maximum absolute atomic E-state index is 12.7. The van der Waals surface area contributed by atoms with Gasteiger partial charge < -0.3 is 10.6 Å². The van der Waals surface area contributed by atoms with E-state index in [1.54, 1.807) is 12.3 Å². The molecule has 0 bridgehead atoms. The highest BCUT2D eigenvalue weighted by Gasteiger charge is 2.13. The fourth-order valence-corrected chi connectivity index (χ4v) is 4.36. The van der Waals surface area contributed by atoms with Gasteiger partial charge >= 0.3 is 0 Å². The zero-order chi connectivity index (χ0) is 23.9. The number of anilines is 1. The Bertz CT molecular complexity index is 1280. The minimum absolute atomic E-state index is 0.0917. The number of nitrogens with zero attached hydrogens (tertiary/aromatic N) is 2. The zero-order valence-electron chi connectivity index (χ0n) is 19.1. The molecule has 0 aliphatic rings. The number of aromatic nitrogens is 2. The molecular weight excluding hydrogens is 444 g/mol. The number of hydrogen-bond acceptors (Lipinski definition) is 4. The standard InChI is InChI=1S/C27H26N4O2S/c1-19-8-6-9-20(2)25(19)30-24(32)18-34-27-28-14-15-31(27)23-13-7-12-22(16-23)26(33)29-17-21-10-4-3-5-11-21/h3-16H,17-18H2,1-2H3,(H,29,33)(H,30,32). The number of benzene rings is 3. The molecule has 0 saturated carbocycles. The van der Waals surface area contributed by atoms with Crippen molar-refractivity contribution in [3.8, 4) is 5.69 Å². The Kier molecular flexibility index (Phi) is 7.44. The number of carbonyl (C=O) groups excluding carboxylic acids is 2. The van der Waals surface area contributed by atoms with Gasteiger partial charge in [0.25, 0.3) is 5.91 Å². The summed E-state index contributed by atoms with van der Waals surface area (Å²) in [5.74, 6) is -0.0128. The van der Waals surface area contributed by atoms with Crippen LogP contribution in [0.5, 0.6) is 0 Å². The second-order valence-corrected chi connectivity index (χ2v) is 8.84. The number of amides is 2. The zero-order valence-corrected chi connectivity index (χ0v) is 19.9. The first-order valence-corrected chi connectivity index (χ1v) is 11.9. The van der Waals surface area contributed by atoms with Gasteiger partial charge in [0.1, 0.15) is 0 Å². The van der Waals surface area contributed by atoms with Crippen LogP contribution in [-0.4, -0.2) is 27.1 Å². The smallest absolute Gasteiger partial charge is 0.251 e. The van der Waals surface area contributed by atoms with Gasteiger partial charge in [0.05, 0.1) is 5.75 Å². The fraction of sp³-hybridized carbons (Fsp3) is 0.148. The summed E-state index contributed by atoms with van der Waals surface area (Å²) in [7, 11) is 0. The lowest BCUT2D eigenvalue weighted by molar-refractivity contribution is -0.113. The van der Waals surface area contributed by atoms with Gasteiger partial charge in [-0.3, -0.25) is 14.2 Å². The Morgan fingerprint density at radius 1 is 0.941 bits per heavy atom. The molecule has 1 heterocycles. The first kappa shape index (κ1) is 23.3. The third kappa shape index (κ3) is 5.74. The van der Waals surface area contributed by atoms with Crippen LogP contribution in [0.1, 0.15) is 27.0 Å². The van der Waals surface area contributed by atoms with Crippen LogP contribution in [0.4, 0.5) is 5.69 Å². The molecule has 2 amide bonds. The monoisotopic (exact) mass is 470 g/mol. The van der Waals surface area contributed by atoms with Gasteiger partial charge in [-0.1, -0.05) is 66.4 Å². The van der Waals surface area contributed by atoms with E-state index >= 15 is 0 Å². The van der Waals surface area contributed by atoms with Gasteiger partial charge in [0.2, 0.25) is 5.91 Å². The van der Waals surface area contributed by atoms with E-state index in [1.807, 2.05) is 91.3 Å². The molecule has 1 aromatic heterocycles. The molecule has 0 saturated heterocycles. The average Bonchev–Trinajstić information content (AvgIpc) is 3.33. The lowest BCUT2D eigenvalue weighted by atomic mass is 10.1. The van der Waals surface area contributed by atoms with Crippen molar-refractivity contribution in [3.63, 3.8) is 0 Å². The lowest BCUT2D eigenvalue weighted by Crippen LogP contribution is -2.22. The molecule has 0 atom stereocenters. The molecule has 4 aromatic rings. The summed E-state index contributed by atoms with van der Waals surface area (Å²) < 4.78 is 1.88. The van der Waals surface area contributed by atoms with Gasteiger partial charge in [0.15, 0.2) is 5.16 Å². The maximum atomic E-state index is 12.7. The van der Waals surface area contributed by atoms with E-state index in [2.05, 4.69) is 15.6 Å². The first-order chi connectivity index (χ1) is 16.5. The quantitative estimate of drug-likeness (QED) is 0.349. The predicted octanol–water partition coefficient (Wildman–Crippen LogP) is 5.15. The van der Waals surface area contributed by atoms with E-state index in [1.165, 1.54) is 11.8 Å². The maximum Gasteiger partial charge on any atom is 0.251 e. The Morgan fingerprint density at radius 3 is 2.44 bits per heavy atom. The molecule has 0 aliphatic heterocycles. The van der Waals surface area contributed by atoms with Crippen molar-refractivity contribution in [1.29, 1.82) is 0 Å². The molecule has 0 spiro atoms. The van der Waals surface area contributed by atoms with Crippen molar-refractivity contribution in [3.05, 3.63) is 107 Å². The number of thioether (sulfide) groups is 1. The SMILES string of the molecule is Cc1cccc(C)c1NC(=O)CSc1nccn1-c1cccc(C(=O)NCc2ccccc2)c1. The molecule has 0 radical (unpaired) electrons. The summed E-state index contributed by atoms with van der Waals surface area (Å²) in [6, 6.07) is 23.1. The molecule has 0 unspecified atom stereocenters. The Morgan fingerprint density at radius 2 is 1.68 bits per heavy atom. The molecule has 172 valence electrons. The second kappa shape index (κ2) is 10.9. The summed E-state index contributed by atoms with van der Waals surface area (Å²) >= 11 is 1.35. The number of nitrogens with one attached hydrogen (secondary N) is 2. The normalized spacial score (nSPS) is 10.6. The van der Waals surface area contributed by atoms with Crippen molar-refractivity contribution in [2.75, 3.05) is 11.1 Å². The third-order valence-electron chi connectivity index (χ3n) is 5.37. The van der Waals surface area contributed by atoms with Crippen LogP contribution >= 0.6 is 11.8 Å². The summed E-state index contributed by atoms with van der Waals surface area (Å²) in [6.07, 6.45) is 3.51. The summed E-state index contributed by atoms with van der Waals surface area (Å²) in [4.78, 5) is 29.6. The molecule has 3 aromatic carbocycles. The molecule has 4 rings (SSSR count). The molecule has 0 aliphatic carbocycles. The number of hydrogen-bond donors (Lipinski definition) is 2. The van der Waals surface area contributed by atoms with Gasteiger partial charge in [0, 0.05) is 35.9 Å². The van der Waals surface area contributed by atoms with Gasteiger partial charge in [-0.25, -0.2) is 4.98 Å². The average molecular weight is 471 g/mol. The van der Waals surface area contributed by atoms with Crippen LogP contribution in [0.3, 0.4) is 0 Å². The van der Waals surface area contributed by atoms with Gasteiger partial charge in [-0.2, -0.15) is 0 Å². The number of aryl methyl sites for hydroxylation is 2. The Labute approximate surface area is 203 Å². The Hall–Kier alpha value is -3.84. The van der Waals surface area contributed by atoms with Crippen LogP contribution in [0, 0.1) is 13.8 Å². The Balaban J connectivity index is 1.41. The van der Waals surface area contributed by atoms with Crippen molar-refractivity contribution >= 4 is 29.3 Å². The van der Waals surface area contributed by atoms with Crippen molar-refractivity contribution < 1.29 is 9.59 Å². The minimum Gasteiger partial charge on any atom is -0.348 e. The van der Waals surface area contributed by atoms with Crippen LogP contribution in [-0.2, 0) is 11.3 Å². The summed E-state index contributed by atoms with van der Waals surface area (Å²) in [5, 5.41) is 6.63. The molecular formula is C27H26N4O2S. The molecule has 7 heteroatoms. The topological polar surface area (TPSA) is 76.0 Å². The lowest BCUT2D eigenvalue weighted by Gasteiger charge is -2.12. The van der Waals surface area contributed by atoms with Crippen LogP contribution in [0.2, 0.25) is 0 Å². The number of carbonyl (C=O) groups is 2. The van der Waals surface area contributed by atoms with Gasteiger partial charge in [-0.15, -0.1) is 0 Å². The van der Waals surface area contributed by atoms with Crippen molar-refractivity contribution in [2.24, 2.45) is 0 Å². The first-order valence-electron chi connectivity index (χ1n) is 11.0. The van der Waals surface area contributed by atoms with Gasteiger partial charge in [-0.05, 0) is 48.7 Å². The largest absolute Gasteiger partial charge is 0.348 e. The summed E-state index contributed by atoms with van der Waals surface area (Å²) in [6.45, 7) is 4.42. The number of para-hydroxylation sites is 1. The molecule has 6 nitrogen and oxygen atoms in total. The van der Waals surface area contributed by atoms with E-state index in [4.69, 9.17) is 0 Å². The third-order valence-corrected chi connectivity index (χ3v) is 6.33. The highest BCUT2D eigenvalue weighted by molar-refractivity contribution is 7.99. The van der Waals surface area contributed by atoms with E-state index in [0.717, 1.165) is 28.1 Å². The van der Waals surface area contributed by atoms with E-state index in [-0.39, 0.29) is 17.6 Å².